The molecule has 0 fully saturated rings. The van der Waals surface area contributed by atoms with Crippen molar-refractivity contribution < 1.29 is 0 Å². The molecule has 90 valence electrons. The zero-order valence-electron chi connectivity index (χ0n) is 9.78. The second-order valence-electron chi connectivity index (χ2n) is 3.82. The summed E-state index contributed by atoms with van der Waals surface area (Å²) in [6.45, 7) is 2.73. The van der Waals surface area contributed by atoms with Crippen LogP contribution in [0.25, 0.3) is 0 Å². The monoisotopic (exact) mass is 248 g/mol. The predicted molar refractivity (Wildman–Crippen MR) is 69.8 cm³/mol. The number of nitrogens with zero attached hydrogens (tertiary/aromatic N) is 3. The highest BCUT2D eigenvalue weighted by atomic mass is 32.2. The van der Waals surface area contributed by atoms with Crippen LogP contribution in [0.5, 0.6) is 0 Å². The van der Waals surface area contributed by atoms with Gasteiger partial charge in [0.25, 0.3) is 0 Å². The molecule has 17 heavy (non-hydrogen) atoms. The van der Waals surface area contributed by atoms with Gasteiger partial charge in [-0.1, -0.05) is 18.2 Å². The first-order chi connectivity index (χ1) is 8.25. The number of benzene rings is 1. The maximum absolute atomic E-state index is 5.70. The number of aromatic nitrogens is 3. The first-order valence-electron chi connectivity index (χ1n) is 5.58. The van der Waals surface area contributed by atoms with Crippen LogP contribution in [0.3, 0.4) is 0 Å². The Balaban J connectivity index is 1.82. The number of hydrogen-bond donors (Lipinski definition) is 1. The van der Waals surface area contributed by atoms with E-state index in [1.54, 1.807) is 6.33 Å². The SMILES string of the molecule is CC(N)c1ncn(CCSc2ccccc2)n1. The van der Waals surface area contributed by atoms with Gasteiger partial charge in [0.2, 0.25) is 0 Å². The van der Waals surface area contributed by atoms with Gasteiger partial charge >= 0.3 is 0 Å². The highest BCUT2D eigenvalue weighted by molar-refractivity contribution is 7.99. The molecule has 0 bridgehead atoms. The Bertz CT molecular complexity index is 453. The van der Waals surface area contributed by atoms with Gasteiger partial charge in [-0.2, -0.15) is 5.10 Å². The normalized spacial score (nSPS) is 12.6. The molecule has 1 unspecified atom stereocenters. The number of thioether (sulfide) groups is 1. The van der Waals surface area contributed by atoms with E-state index in [2.05, 4.69) is 22.2 Å². The molecule has 2 aromatic rings. The molecule has 0 radical (unpaired) electrons. The minimum atomic E-state index is -0.0990. The molecule has 4 nitrogen and oxygen atoms in total. The van der Waals surface area contributed by atoms with E-state index in [1.165, 1.54) is 4.90 Å². The Labute approximate surface area is 105 Å². The summed E-state index contributed by atoms with van der Waals surface area (Å²) in [6.07, 6.45) is 1.74. The van der Waals surface area contributed by atoms with Gasteiger partial charge in [0.15, 0.2) is 5.82 Å². The van der Waals surface area contributed by atoms with Gasteiger partial charge in [-0.05, 0) is 19.1 Å². The van der Waals surface area contributed by atoms with Crippen LogP contribution < -0.4 is 5.73 Å². The van der Waals surface area contributed by atoms with Crippen LogP contribution in [0.15, 0.2) is 41.6 Å². The smallest absolute Gasteiger partial charge is 0.166 e. The van der Waals surface area contributed by atoms with Crippen LogP contribution in [0.2, 0.25) is 0 Å². The largest absolute Gasteiger partial charge is 0.321 e. The first kappa shape index (κ1) is 12.1. The van der Waals surface area contributed by atoms with Crippen molar-refractivity contribution in [1.29, 1.82) is 0 Å². The van der Waals surface area contributed by atoms with Crippen LogP contribution in [0, 0.1) is 0 Å². The summed E-state index contributed by atoms with van der Waals surface area (Å²) in [5.41, 5.74) is 5.70. The number of hydrogen-bond acceptors (Lipinski definition) is 4. The quantitative estimate of drug-likeness (QED) is 0.823. The van der Waals surface area contributed by atoms with E-state index < -0.39 is 0 Å². The zero-order valence-corrected chi connectivity index (χ0v) is 10.6. The number of nitrogens with two attached hydrogens (primary N) is 1. The summed E-state index contributed by atoms with van der Waals surface area (Å²) in [7, 11) is 0. The van der Waals surface area contributed by atoms with E-state index in [9.17, 15) is 0 Å². The molecule has 0 aliphatic rings. The second-order valence-corrected chi connectivity index (χ2v) is 4.98. The van der Waals surface area contributed by atoms with Crippen LogP contribution in [0.1, 0.15) is 18.8 Å². The lowest BCUT2D eigenvalue weighted by Gasteiger charge is -2.01. The molecule has 1 atom stereocenters. The van der Waals surface area contributed by atoms with Crippen molar-refractivity contribution in [3.8, 4) is 0 Å². The molecule has 2 rings (SSSR count). The van der Waals surface area contributed by atoms with E-state index >= 15 is 0 Å². The summed E-state index contributed by atoms with van der Waals surface area (Å²) in [5.74, 6) is 1.68. The fourth-order valence-electron chi connectivity index (χ4n) is 1.40. The highest BCUT2D eigenvalue weighted by Crippen LogP contribution is 2.16. The van der Waals surface area contributed by atoms with Crippen molar-refractivity contribution >= 4 is 11.8 Å². The van der Waals surface area contributed by atoms with Gasteiger partial charge in [0.05, 0.1) is 12.6 Å². The van der Waals surface area contributed by atoms with Crippen molar-refractivity contribution in [2.75, 3.05) is 5.75 Å². The molecule has 2 N–H and O–H groups in total. The van der Waals surface area contributed by atoms with Crippen molar-refractivity contribution in [2.45, 2.75) is 24.4 Å². The molecular weight excluding hydrogens is 232 g/mol. The van der Waals surface area contributed by atoms with E-state index in [0.29, 0.717) is 5.82 Å². The van der Waals surface area contributed by atoms with Gasteiger partial charge in [-0.25, -0.2) is 4.98 Å². The summed E-state index contributed by atoms with van der Waals surface area (Å²) in [5, 5.41) is 4.31. The first-order valence-corrected chi connectivity index (χ1v) is 6.57. The van der Waals surface area contributed by atoms with Crippen molar-refractivity contribution in [3.63, 3.8) is 0 Å². The molecule has 0 aliphatic heterocycles. The number of rotatable bonds is 5. The topological polar surface area (TPSA) is 56.7 Å². The Hall–Kier alpha value is -1.33. The summed E-state index contributed by atoms with van der Waals surface area (Å²) in [6, 6.07) is 10.2. The molecule has 0 amide bonds. The second kappa shape index (κ2) is 5.84. The van der Waals surface area contributed by atoms with Gasteiger partial charge < -0.3 is 5.73 Å². The van der Waals surface area contributed by atoms with E-state index in [1.807, 2.05) is 41.6 Å². The molecular formula is C12H16N4S. The maximum Gasteiger partial charge on any atom is 0.166 e. The van der Waals surface area contributed by atoms with E-state index in [-0.39, 0.29) is 6.04 Å². The lowest BCUT2D eigenvalue weighted by molar-refractivity contribution is 0.635. The molecule has 1 heterocycles. The average Bonchev–Trinajstić information content (AvgIpc) is 2.79. The van der Waals surface area contributed by atoms with Gasteiger partial charge in [0.1, 0.15) is 6.33 Å². The summed E-state index contributed by atoms with van der Waals surface area (Å²) >= 11 is 1.81. The van der Waals surface area contributed by atoms with Gasteiger partial charge in [0, 0.05) is 10.6 Å². The molecule has 1 aromatic heterocycles. The minimum Gasteiger partial charge on any atom is -0.321 e. The Morgan fingerprint density at radius 2 is 2.12 bits per heavy atom. The third-order valence-electron chi connectivity index (χ3n) is 2.29. The zero-order chi connectivity index (χ0) is 12.1. The lowest BCUT2D eigenvalue weighted by atomic mass is 10.4. The Kier molecular flexibility index (Phi) is 4.17. The Morgan fingerprint density at radius 1 is 1.35 bits per heavy atom. The van der Waals surface area contributed by atoms with Crippen molar-refractivity contribution in [3.05, 3.63) is 42.5 Å². The van der Waals surface area contributed by atoms with Crippen LogP contribution in [-0.4, -0.2) is 20.5 Å². The highest BCUT2D eigenvalue weighted by Gasteiger charge is 2.04. The standard InChI is InChI=1S/C12H16N4S/c1-10(13)12-14-9-16(15-12)7-8-17-11-5-3-2-4-6-11/h2-6,9-10H,7-8,13H2,1H3. The molecule has 0 spiro atoms. The lowest BCUT2D eigenvalue weighted by Crippen LogP contribution is -2.08. The predicted octanol–water partition coefficient (Wildman–Crippen LogP) is 2.09. The third kappa shape index (κ3) is 3.57. The van der Waals surface area contributed by atoms with Crippen LogP contribution in [0.4, 0.5) is 0 Å². The van der Waals surface area contributed by atoms with E-state index in [4.69, 9.17) is 5.73 Å². The maximum atomic E-state index is 5.70. The summed E-state index contributed by atoms with van der Waals surface area (Å²) < 4.78 is 1.84. The van der Waals surface area contributed by atoms with E-state index in [0.717, 1.165) is 12.3 Å². The molecule has 1 aromatic carbocycles. The van der Waals surface area contributed by atoms with Gasteiger partial charge in [-0.15, -0.1) is 11.8 Å². The molecule has 0 saturated heterocycles. The average molecular weight is 248 g/mol. The van der Waals surface area contributed by atoms with Crippen LogP contribution in [-0.2, 0) is 6.54 Å². The molecule has 5 heteroatoms. The number of aryl methyl sites for hydroxylation is 1. The summed E-state index contributed by atoms with van der Waals surface area (Å²) in [4.78, 5) is 5.44. The molecule has 0 saturated carbocycles. The third-order valence-corrected chi connectivity index (χ3v) is 3.29. The molecule has 0 aliphatic carbocycles. The van der Waals surface area contributed by atoms with Gasteiger partial charge in [-0.3, -0.25) is 4.68 Å². The fraction of sp³-hybridized carbons (Fsp3) is 0.333. The fourth-order valence-corrected chi connectivity index (χ4v) is 2.26. The minimum absolute atomic E-state index is 0.0990. The van der Waals surface area contributed by atoms with Crippen LogP contribution >= 0.6 is 11.8 Å². The van der Waals surface area contributed by atoms with Crippen molar-refractivity contribution in [1.82, 2.24) is 14.8 Å². The van der Waals surface area contributed by atoms with Crippen molar-refractivity contribution in [2.24, 2.45) is 5.73 Å². The Morgan fingerprint density at radius 3 is 2.76 bits per heavy atom.